The Morgan fingerprint density at radius 2 is 1.69 bits per heavy atom. The van der Waals surface area contributed by atoms with Crippen molar-refractivity contribution in [3.8, 4) is 22.6 Å². The number of anilines is 1. The summed E-state index contributed by atoms with van der Waals surface area (Å²) in [6.07, 6.45) is 4.64. The molecule has 0 saturated carbocycles. The van der Waals surface area contributed by atoms with Gasteiger partial charge >= 0.3 is 0 Å². The zero-order chi connectivity index (χ0) is 19.6. The average Bonchev–Trinajstić information content (AvgIpc) is 3.44. The maximum atomic E-state index is 12.6. The molecule has 2 heterocycles. The van der Waals surface area contributed by atoms with Crippen molar-refractivity contribution in [2.24, 2.45) is 0 Å². The van der Waals surface area contributed by atoms with Crippen LogP contribution >= 0.6 is 0 Å². The van der Waals surface area contributed by atoms with E-state index in [0.29, 0.717) is 11.5 Å². The number of carbonyl (C=O) groups excluding carboxylic acids is 1. The van der Waals surface area contributed by atoms with Gasteiger partial charge in [-0.3, -0.25) is 4.79 Å². The molecule has 4 aromatic rings. The normalized spacial score (nSPS) is 13.1. The molecule has 0 spiro atoms. The summed E-state index contributed by atoms with van der Waals surface area (Å²) in [4.78, 5) is 12.6. The minimum Gasteiger partial charge on any atom is -0.355 e. The smallest absolute Gasteiger partial charge is 0.279 e. The summed E-state index contributed by atoms with van der Waals surface area (Å²) in [5.41, 5.74) is 5.07. The van der Waals surface area contributed by atoms with E-state index < -0.39 is 5.91 Å². The molecule has 0 aliphatic heterocycles. The van der Waals surface area contributed by atoms with Gasteiger partial charge in [0.15, 0.2) is 17.1 Å². The van der Waals surface area contributed by atoms with Crippen molar-refractivity contribution < 1.29 is 13.9 Å². The maximum Gasteiger partial charge on any atom is 0.279 e. The maximum absolute atomic E-state index is 12.6. The van der Waals surface area contributed by atoms with Gasteiger partial charge in [0.2, 0.25) is 5.82 Å². The summed E-state index contributed by atoms with van der Waals surface area (Å²) < 4.78 is 10.2. The Morgan fingerprint density at radius 1 is 0.862 bits per heavy atom. The molecule has 0 radical (unpaired) electrons. The second-order valence-corrected chi connectivity index (χ2v) is 7.05. The lowest BCUT2D eigenvalue weighted by atomic mass is 9.90. The molecule has 144 valence electrons. The molecular formula is C22H18N4O3. The van der Waals surface area contributed by atoms with Crippen molar-refractivity contribution in [2.45, 2.75) is 25.7 Å². The van der Waals surface area contributed by atoms with Crippen LogP contribution in [0.5, 0.6) is 0 Å². The third-order valence-corrected chi connectivity index (χ3v) is 5.14. The number of amides is 1. The van der Waals surface area contributed by atoms with Crippen molar-refractivity contribution in [1.29, 1.82) is 0 Å². The number of rotatable bonds is 4. The highest BCUT2D eigenvalue weighted by Crippen LogP contribution is 2.28. The van der Waals surface area contributed by atoms with E-state index in [4.69, 9.17) is 9.15 Å². The highest BCUT2D eigenvalue weighted by Gasteiger charge is 2.20. The highest BCUT2D eigenvalue weighted by molar-refractivity contribution is 6.04. The van der Waals surface area contributed by atoms with Crippen LogP contribution in [0.15, 0.2) is 63.7 Å². The van der Waals surface area contributed by atoms with Gasteiger partial charge in [-0.2, -0.15) is 0 Å². The molecule has 7 nitrogen and oxygen atoms in total. The second kappa shape index (κ2) is 7.35. The van der Waals surface area contributed by atoms with E-state index in [9.17, 15) is 4.79 Å². The Labute approximate surface area is 166 Å². The number of benzene rings is 2. The molecule has 5 rings (SSSR count). The Hall–Kier alpha value is -3.74. The van der Waals surface area contributed by atoms with Crippen molar-refractivity contribution in [3.63, 3.8) is 0 Å². The zero-order valence-electron chi connectivity index (χ0n) is 15.6. The number of aryl methyl sites for hydroxylation is 2. The van der Waals surface area contributed by atoms with Crippen molar-refractivity contribution in [1.82, 2.24) is 15.5 Å². The minimum absolute atomic E-state index is 0.166. The van der Waals surface area contributed by atoms with Crippen LogP contribution in [0, 0.1) is 0 Å². The first-order chi connectivity index (χ1) is 14.3. The van der Waals surface area contributed by atoms with Crippen LogP contribution in [0.4, 0.5) is 5.82 Å². The van der Waals surface area contributed by atoms with Gasteiger partial charge in [0.05, 0.1) is 0 Å². The Kier molecular flexibility index (Phi) is 4.40. The Balaban J connectivity index is 1.36. The second-order valence-electron chi connectivity index (χ2n) is 7.05. The predicted octanol–water partition coefficient (Wildman–Crippen LogP) is 4.52. The number of fused-ring (bicyclic) bond motifs is 1. The molecule has 29 heavy (non-hydrogen) atoms. The molecule has 0 unspecified atom stereocenters. The molecule has 7 heteroatoms. The summed E-state index contributed by atoms with van der Waals surface area (Å²) in [6.45, 7) is 0. The van der Waals surface area contributed by atoms with E-state index in [1.54, 1.807) is 6.07 Å². The lowest BCUT2D eigenvalue weighted by molar-refractivity contribution is 0.101. The molecular weight excluding hydrogens is 368 g/mol. The number of carbonyl (C=O) groups is 1. The fourth-order valence-corrected chi connectivity index (χ4v) is 3.63. The zero-order valence-corrected chi connectivity index (χ0v) is 15.6. The Morgan fingerprint density at radius 3 is 2.55 bits per heavy atom. The first-order valence-corrected chi connectivity index (χ1v) is 9.56. The molecule has 1 amide bonds. The van der Waals surface area contributed by atoms with Gasteiger partial charge in [0.1, 0.15) is 0 Å². The number of nitrogens with zero attached hydrogens (tertiary/aromatic N) is 3. The average molecular weight is 386 g/mol. The largest absolute Gasteiger partial charge is 0.355 e. The fourth-order valence-electron chi connectivity index (χ4n) is 3.63. The van der Waals surface area contributed by atoms with E-state index in [0.717, 1.165) is 24.0 Å². The summed E-state index contributed by atoms with van der Waals surface area (Å²) in [5, 5.41) is 14.3. The number of hydrogen-bond acceptors (Lipinski definition) is 6. The molecule has 2 aromatic heterocycles. The fraction of sp³-hybridized carbons (Fsp3) is 0.182. The standard InChI is InChI=1S/C22H18N4O3/c27-22(23-21-20(25-29-26-21)15-7-2-1-3-8-15)18-13-19(28-24-18)17-11-10-14-6-4-5-9-16(14)12-17/h1-3,7-8,10-13H,4-6,9H2,(H,23,26,27). The van der Waals surface area contributed by atoms with Crippen LogP contribution in [0.1, 0.15) is 34.5 Å². The minimum atomic E-state index is -0.439. The SMILES string of the molecule is O=C(Nc1nonc1-c1ccccc1)c1cc(-c2ccc3c(c2)CCCC3)on1. The van der Waals surface area contributed by atoms with Crippen LogP contribution in [-0.2, 0) is 12.8 Å². The van der Waals surface area contributed by atoms with Gasteiger partial charge in [-0.05, 0) is 53.2 Å². The molecule has 1 N–H and O–H groups in total. The van der Waals surface area contributed by atoms with E-state index in [2.05, 4.69) is 32.9 Å². The van der Waals surface area contributed by atoms with Crippen LogP contribution in [0.3, 0.4) is 0 Å². The van der Waals surface area contributed by atoms with E-state index >= 15 is 0 Å². The molecule has 1 aliphatic rings. The van der Waals surface area contributed by atoms with Gasteiger partial charge in [-0.25, -0.2) is 4.63 Å². The third kappa shape index (κ3) is 3.42. The molecule has 0 bridgehead atoms. The van der Waals surface area contributed by atoms with E-state index in [-0.39, 0.29) is 11.5 Å². The van der Waals surface area contributed by atoms with E-state index in [1.807, 2.05) is 36.4 Å². The van der Waals surface area contributed by atoms with Gasteiger partial charge < -0.3 is 9.84 Å². The van der Waals surface area contributed by atoms with Crippen LogP contribution in [-0.4, -0.2) is 21.4 Å². The molecule has 0 atom stereocenters. The molecule has 1 aliphatic carbocycles. The topological polar surface area (TPSA) is 94.1 Å². The summed E-state index contributed by atoms with van der Waals surface area (Å²) >= 11 is 0. The van der Waals surface area contributed by atoms with Gasteiger partial charge in [-0.1, -0.05) is 47.6 Å². The van der Waals surface area contributed by atoms with Crippen molar-refractivity contribution in [2.75, 3.05) is 5.32 Å². The number of nitrogens with one attached hydrogen (secondary N) is 1. The van der Waals surface area contributed by atoms with Crippen molar-refractivity contribution in [3.05, 3.63) is 71.4 Å². The Bertz CT molecular complexity index is 1160. The predicted molar refractivity (Wildman–Crippen MR) is 106 cm³/mol. The summed E-state index contributed by atoms with van der Waals surface area (Å²) in [6, 6.07) is 17.3. The number of aromatic nitrogens is 3. The van der Waals surface area contributed by atoms with Crippen LogP contribution in [0.25, 0.3) is 22.6 Å². The third-order valence-electron chi connectivity index (χ3n) is 5.14. The lowest BCUT2D eigenvalue weighted by Gasteiger charge is -2.15. The van der Waals surface area contributed by atoms with Gasteiger partial charge in [0, 0.05) is 17.2 Å². The first-order valence-electron chi connectivity index (χ1n) is 9.56. The highest BCUT2D eigenvalue weighted by atomic mass is 16.6. The summed E-state index contributed by atoms with van der Waals surface area (Å²) in [5.74, 6) is 0.357. The molecule has 2 aromatic carbocycles. The first kappa shape index (κ1) is 17.4. The molecule has 0 saturated heterocycles. The van der Waals surface area contributed by atoms with Crippen molar-refractivity contribution >= 4 is 11.7 Å². The van der Waals surface area contributed by atoms with Crippen LogP contribution in [0.2, 0.25) is 0 Å². The lowest BCUT2D eigenvalue weighted by Crippen LogP contribution is -2.13. The monoisotopic (exact) mass is 386 g/mol. The van der Waals surface area contributed by atoms with Gasteiger partial charge in [0.25, 0.3) is 5.91 Å². The summed E-state index contributed by atoms with van der Waals surface area (Å²) in [7, 11) is 0. The van der Waals surface area contributed by atoms with Gasteiger partial charge in [-0.15, -0.1) is 0 Å². The van der Waals surface area contributed by atoms with E-state index in [1.165, 1.54) is 24.0 Å². The number of hydrogen-bond donors (Lipinski definition) is 1. The molecule has 0 fully saturated rings. The quantitative estimate of drug-likeness (QED) is 0.554. The van der Waals surface area contributed by atoms with Crippen LogP contribution < -0.4 is 5.32 Å².